The quantitative estimate of drug-likeness (QED) is 0.808. The molecule has 0 amide bonds. The molecule has 17 heavy (non-hydrogen) atoms. The van der Waals surface area contributed by atoms with Gasteiger partial charge in [-0.2, -0.15) is 5.10 Å². The Morgan fingerprint density at radius 1 is 1.41 bits per heavy atom. The molecule has 0 aliphatic rings. The van der Waals surface area contributed by atoms with Crippen LogP contribution in [0.15, 0.2) is 30.7 Å². The van der Waals surface area contributed by atoms with E-state index in [2.05, 4.69) is 46.1 Å². The van der Waals surface area contributed by atoms with E-state index in [0.29, 0.717) is 5.92 Å². The minimum absolute atomic E-state index is 0.597. The molecule has 0 unspecified atom stereocenters. The Labute approximate surface area is 110 Å². The fraction of sp³-hybridized carbons (Fsp3) is 0.385. The maximum absolute atomic E-state index is 4.64. The molecule has 0 saturated heterocycles. The van der Waals surface area contributed by atoms with E-state index in [4.69, 9.17) is 0 Å². The third kappa shape index (κ3) is 2.94. The van der Waals surface area contributed by atoms with E-state index in [1.807, 2.05) is 23.0 Å². The molecule has 3 nitrogen and oxygen atoms in total. The maximum Gasteiger partial charge on any atom is 0.0979 e. The highest BCUT2D eigenvalue weighted by molar-refractivity contribution is 9.08. The molecule has 0 atom stereocenters. The first-order valence-corrected chi connectivity index (χ1v) is 6.85. The van der Waals surface area contributed by atoms with Gasteiger partial charge in [-0.1, -0.05) is 29.8 Å². The highest BCUT2D eigenvalue weighted by Crippen LogP contribution is 2.23. The number of pyridine rings is 1. The lowest BCUT2D eigenvalue weighted by molar-refractivity contribution is 0.484. The van der Waals surface area contributed by atoms with Gasteiger partial charge >= 0.3 is 0 Å². The van der Waals surface area contributed by atoms with Crippen molar-refractivity contribution in [1.82, 2.24) is 14.8 Å². The molecule has 0 fully saturated rings. The van der Waals surface area contributed by atoms with Crippen molar-refractivity contribution in [3.05, 3.63) is 36.3 Å². The highest BCUT2D eigenvalue weighted by Gasteiger charge is 2.10. The summed E-state index contributed by atoms with van der Waals surface area (Å²) in [7, 11) is 0. The van der Waals surface area contributed by atoms with Crippen LogP contribution in [0, 0.1) is 5.92 Å². The normalized spacial score (nSPS) is 11.1. The van der Waals surface area contributed by atoms with Crippen LogP contribution in [0.4, 0.5) is 0 Å². The summed E-state index contributed by atoms with van der Waals surface area (Å²) >= 11 is 3.51. The van der Waals surface area contributed by atoms with Crippen LogP contribution >= 0.6 is 15.9 Å². The molecule has 0 spiro atoms. The smallest absolute Gasteiger partial charge is 0.0979 e. The topological polar surface area (TPSA) is 30.7 Å². The first-order valence-electron chi connectivity index (χ1n) is 5.73. The molecular weight excluding hydrogens is 278 g/mol. The predicted octanol–water partition coefficient (Wildman–Crippen LogP) is 3.50. The van der Waals surface area contributed by atoms with Crippen LogP contribution in [-0.2, 0) is 11.9 Å². The summed E-state index contributed by atoms with van der Waals surface area (Å²) in [5.74, 6) is 0.597. The van der Waals surface area contributed by atoms with Crippen LogP contribution in [0.3, 0.4) is 0 Å². The summed E-state index contributed by atoms with van der Waals surface area (Å²) in [5.41, 5.74) is 3.30. The van der Waals surface area contributed by atoms with Gasteiger partial charge in [0.25, 0.3) is 0 Å². The molecule has 90 valence electrons. The molecule has 2 rings (SSSR count). The molecule has 0 bridgehead atoms. The van der Waals surface area contributed by atoms with Gasteiger partial charge in [0.2, 0.25) is 0 Å². The van der Waals surface area contributed by atoms with Gasteiger partial charge in [0.05, 0.1) is 5.69 Å². The Morgan fingerprint density at radius 3 is 2.82 bits per heavy atom. The summed E-state index contributed by atoms with van der Waals surface area (Å²) in [6.45, 7) is 5.33. The lowest BCUT2D eigenvalue weighted by atomic mass is 10.1. The van der Waals surface area contributed by atoms with E-state index in [9.17, 15) is 0 Å². The van der Waals surface area contributed by atoms with Gasteiger partial charge in [0.1, 0.15) is 0 Å². The van der Waals surface area contributed by atoms with Crippen molar-refractivity contribution in [3.8, 4) is 11.3 Å². The van der Waals surface area contributed by atoms with Crippen molar-refractivity contribution in [2.45, 2.75) is 25.7 Å². The molecule has 2 heterocycles. The van der Waals surface area contributed by atoms with E-state index in [0.717, 1.165) is 23.1 Å². The fourth-order valence-electron chi connectivity index (χ4n) is 1.77. The van der Waals surface area contributed by atoms with Crippen molar-refractivity contribution >= 4 is 15.9 Å². The fourth-order valence-corrected chi connectivity index (χ4v) is 2.18. The Kier molecular flexibility index (Phi) is 3.94. The molecule has 0 aliphatic heterocycles. The Balaban J connectivity index is 2.36. The summed E-state index contributed by atoms with van der Waals surface area (Å²) in [6.07, 6.45) is 5.74. The number of hydrogen-bond donors (Lipinski definition) is 0. The minimum atomic E-state index is 0.597. The molecule has 0 radical (unpaired) electrons. The zero-order valence-electron chi connectivity index (χ0n) is 10.1. The van der Waals surface area contributed by atoms with Crippen molar-refractivity contribution in [3.63, 3.8) is 0 Å². The standard InChI is InChI=1S/C13H16BrN3/c1-10(2)8-17-9-12(6-14)13(16-17)11-4-3-5-15-7-11/h3-5,7,9-10H,6,8H2,1-2H3. The van der Waals surface area contributed by atoms with Crippen LogP contribution in [-0.4, -0.2) is 14.8 Å². The zero-order valence-corrected chi connectivity index (χ0v) is 11.7. The van der Waals surface area contributed by atoms with E-state index >= 15 is 0 Å². The average Bonchev–Trinajstić information content (AvgIpc) is 2.72. The van der Waals surface area contributed by atoms with Crippen molar-refractivity contribution in [2.75, 3.05) is 0 Å². The van der Waals surface area contributed by atoms with Crippen molar-refractivity contribution in [2.24, 2.45) is 5.92 Å². The molecule has 2 aromatic rings. The predicted molar refractivity (Wildman–Crippen MR) is 72.9 cm³/mol. The second-order valence-corrected chi connectivity index (χ2v) is 5.05. The van der Waals surface area contributed by atoms with Gasteiger partial charge in [0, 0.05) is 41.6 Å². The van der Waals surface area contributed by atoms with Crippen LogP contribution in [0.2, 0.25) is 0 Å². The second-order valence-electron chi connectivity index (χ2n) is 4.49. The lowest BCUT2D eigenvalue weighted by Crippen LogP contribution is -2.04. The van der Waals surface area contributed by atoms with Gasteiger partial charge in [-0.25, -0.2) is 0 Å². The lowest BCUT2D eigenvalue weighted by Gasteiger charge is -2.03. The molecule has 0 aliphatic carbocycles. The van der Waals surface area contributed by atoms with Gasteiger partial charge in [-0.05, 0) is 18.1 Å². The monoisotopic (exact) mass is 293 g/mol. The van der Waals surface area contributed by atoms with Crippen LogP contribution < -0.4 is 0 Å². The SMILES string of the molecule is CC(C)Cn1cc(CBr)c(-c2cccnc2)n1. The molecule has 2 aromatic heterocycles. The summed E-state index contributed by atoms with van der Waals surface area (Å²) in [4.78, 5) is 4.14. The first-order chi connectivity index (χ1) is 8.20. The minimum Gasteiger partial charge on any atom is -0.272 e. The molecule has 0 saturated carbocycles. The Morgan fingerprint density at radius 2 is 2.24 bits per heavy atom. The maximum atomic E-state index is 4.64. The van der Waals surface area contributed by atoms with Crippen LogP contribution in [0.5, 0.6) is 0 Å². The third-order valence-corrected chi connectivity index (χ3v) is 3.07. The average molecular weight is 294 g/mol. The Bertz CT molecular complexity index is 477. The van der Waals surface area contributed by atoms with Gasteiger partial charge in [0.15, 0.2) is 0 Å². The first kappa shape index (κ1) is 12.3. The third-order valence-electron chi connectivity index (χ3n) is 2.47. The molecule has 0 aromatic carbocycles. The van der Waals surface area contributed by atoms with E-state index in [1.54, 1.807) is 6.20 Å². The van der Waals surface area contributed by atoms with Gasteiger partial charge < -0.3 is 0 Å². The van der Waals surface area contributed by atoms with Crippen LogP contribution in [0.1, 0.15) is 19.4 Å². The summed E-state index contributed by atoms with van der Waals surface area (Å²) in [5, 5.41) is 5.45. The number of rotatable bonds is 4. The number of halogens is 1. The van der Waals surface area contributed by atoms with E-state index < -0.39 is 0 Å². The highest BCUT2D eigenvalue weighted by atomic mass is 79.9. The van der Waals surface area contributed by atoms with Gasteiger partial charge in [-0.15, -0.1) is 0 Å². The number of nitrogens with zero attached hydrogens (tertiary/aromatic N) is 3. The van der Waals surface area contributed by atoms with Crippen molar-refractivity contribution < 1.29 is 0 Å². The van der Waals surface area contributed by atoms with Gasteiger partial charge in [-0.3, -0.25) is 9.67 Å². The summed E-state index contributed by atoms with van der Waals surface area (Å²) in [6, 6.07) is 3.98. The Hall–Kier alpha value is -1.16. The summed E-state index contributed by atoms with van der Waals surface area (Å²) < 4.78 is 2.02. The molecule has 0 N–H and O–H groups in total. The number of aromatic nitrogens is 3. The van der Waals surface area contributed by atoms with E-state index in [-0.39, 0.29) is 0 Å². The second kappa shape index (κ2) is 5.45. The molecule has 4 heteroatoms. The largest absolute Gasteiger partial charge is 0.272 e. The zero-order chi connectivity index (χ0) is 12.3. The number of alkyl halides is 1. The van der Waals surface area contributed by atoms with E-state index in [1.165, 1.54) is 5.56 Å². The van der Waals surface area contributed by atoms with Crippen molar-refractivity contribution in [1.29, 1.82) is 0 Å². The molecular formula is C13H16BrN3. The van der Waals surface area contributed by atoms with Crippen LogP contribution in [0.25, 0.3) is 11.3 Å². The number of hydrogen-bond acceptors (Lipinski definition) is 2.